The summed E-state index contributed by atoms with van der Waals surface area (Å²) in [6.45, 7) is 1.35. The number of carbonyl (C=O) groups is 1. The van der Waals surface area contributed by atoms with E-state index in [4.69, 9.17) is 14.2 Å². The molecule has 3 unspecified atom stereocenters. The molecule has 2 aromatic carbocycles. The number of esters is 1. The fourth-order valence-electron chi connectivity index (χ4n) is 3.90. The minimum Gasteiger partial charge on any atom is -0.457 e. The zero-order valence-corrected chi connectivity index (χ0v) is 19.3. The van der Waals surface area contributed by atoms with E-state index in [0.29, 0.717) is 6.42 Å². The maximum atomic E-state index is 12.8. The monoisotopic (exact) mass is 469 g/mol. The van der Waals surface area contributed by atoms with Crippen LogP contribution in [-0.4, -0.2) is 41.4 Å². The van der Waals surface area contributed by atoms with Gasteiger partial charge >= 0.3 is 5.97 Å². The van der Waals surface area contributed by atoms with Gasteiger partial charge in [0, 0.05) is 28.9 Å². The van der Waals surface area contributed by atoms with Crippen LogP contribution in [0.5, 0.6) is 0 Å². The lowest BCUT2D eigenvalue weighted by molar-refractivity contribution is -0.479. The Kier molecular flexibility index (Phi) is 9.33. The van der Waals surface area contributed by atoms with Crippen molar-refractivity contribution in [2.75, 3.05) is 13.2 Å². The summed E-state index contributed by atoms with van der Waals surface area (Å²) in [5.41, 5.74) is 1.75. The van der Waals surface area contributed by atoms with Crippen LogP contribution in [0, 0.1) is 10.1 Å². The second-order valence-corrected chi connectivity index (χ2v) is 8.20. The van der Waals surface area contributed by atoms with Gasteiger partial charge in [-0.25, -0.2) is 4.79 Å². The summed E-state index contributed by atoms with van der Waals surface area (Å²) in [6.07, 6.45) is 2.21. The molecule has 182 valence electrons. The molecule has 1 N–H and O–H groups in total. The van der Waals surface area contributed by atoms with Crippen LogP contribution >= 0.6 is 0 Å². The minimum absolute atomic E-state index is 0.0470. The van der Waals surface area contributed by atoms with Crippen LogP contribution in [-0.2, 0) is 31.4 Å². The lowest BCUT2D eigenvalue weighted by atomic mass is 10.00. The molecule has 1 heterocycles. The van der Waals surface area contributed by atoms with Crippen LogP contribution in [0.25, 0.3) is 0 Å². The van der Waals surface area contributed by atoms with E-state index in [0.717, 1.165) is 24.0 Å². The summed E-state index contributed by atoms with van der Waals surface area (Å²) >= 11 is 0. The molecule has 1 saturated heterocycles. The summed E-state index contributed by atoms with van der Waals surface area (Å²) in [4.78, 5) is 23.4. The highest BCUT2D eigenvalue weighted by Crippen LogP contribution is 2.42. The molecule has 0 spiro atoms. The maximum Gasteiger partial charge on any atom is 0.334 e. The minimum atomic E-state index is -1.08. The van der Waals surface area contributed by atoms with Crippen molar-refractivity contribution in [2.45, 2.75) is 57.2 Å². The standard InChI is InChI=1S/C26H31NO7/c1-2-3-15-26(22-12-8-5-9-13-22)33-23(24(18-28)34-26)17-21(14-16-27(30)31)25(29)32-19-20-10-6-4-7-11-20/h4-13,17,23-24,28H,2-3,14-16,18-19H2,1H3/b21-17+. The Morgan fingerprint density at radius 2 is 1.82 bits per heavy atom. The fourth-order valence-corrected chi connectivity index (χ4v) is 3.90. The molecule has 0 saturated carbocycles. The van der Waals surface area contributed by atoms with Gasteiger partial charge in [0.2, 0.25) is 6.54 Å². The van der Waals surface area contributed by atoms with Crippen LogP contribution in [0.4, 0.5) is 0 Å². The van der Waals surface area contributed by atoms with Gasteiger partial charge in [-0.05, 0) is 18.1 Å². The van der Waals surface area contributed by atoms with Crippen LogP contribution in [0.1, 0.15) is 43.7 Å². The average molecular weight is 470 g/mol. The second-order valence-electron chi connectivity index (χ2n) is 8.20. The van der Waals surface area contributed by atoms with Gasteiger partial charge in [-0.3, -0.25) is 10.1 Å². The smallest absolute Gasteiger partial charge is 0.334 e. The van der Waals surface area contributed by atoms with Crippen molar-refractivity contribution in [2.24, 2.45) is 0 Å². The van der Waals surface area contributed by atoms with E-state index >= 15 is 0 Å². The van der Waals surface area contributed by atoms with Gasteiger partial charge in [0.15, 0.2) is 5.79 Å². The Bertz CT molecular complexity index is 964. The number of nitro groups is 1. The first-order valence-corrected chi connectivity index (χ1v) is 11.5. The normalized spacial score (nSPS) is 22.5. The lowest BCUT2D eigenvalue weighted by Gasteiger charge is -2.28. The Labute approximate surface area is 199 Å². The largest absolute Gasteiger partial charge is 0.457 e. The van der Waals surface area contributed by atoms with Crippen LogP contribution in [0.2, 0.25) is 0 Å². The number of unbranched alkanes of at least 4 members (excludes halogenated alkanes) is 1. The Balaban J connectivity index is 1.85. The quantitative estimate of drug-likeness (QED) is 0.215. The number of aliphatic hydroxyl groups excluding tert-OH is 1. The third kappa shape index (κ3) is 6.72. The fraction of sp³-hybridized carbons (Fsp3) is 0.423. The van der Waals surface area contributed by atoms with Gasteiger partial charge in [-0.15, -0.1) is 0 Å². The molecule has 8 nitrogen and oxygen atoms in total. The van der Waals surface area contributed by atoms with Crippen molar-refractivity contribution < 1.29 is 29.0 Å². The summed E-state index contributed by atoms with van der Waals surface area (Å²) < 4.78 is 18.0. The first-order valence-electron chi connectivity index (χ1n) is 11.5. The van der Waals surface area contributed by atoms with Crippen molar-refractivity contribution in [1.29, 1.82) is 0 Å². The van der Waals surface area contributed by atoms with Crippen molar-refractivity contribution in [3.63, 3.8) is 0 Å². The summed E-state index contributed by atoms with van der Waals surface area (Å²) in [7, 11) is 0. The van der Waals surface area contributed by atoms with Crippen LogP contribution in [0.15, 0.2) is 72.3 Å². The van der Waals surface area contributed by atoms with E-state index in [1.54, 1.807) is 0 Å². The first kappa shape index (κ1) is 25.6. The molecule has 3 atom stereocenters. The third-order valence-corrected chi connectivity index (χ3v) is 5.69. The molecule has 1 aliphatic rings. The van der Waals surface area contributed by atoms with Crippen LogP contribution in [0.3, 0.4) is 0 Å². The predicted octanol–water partition coefficient (Wildman–Crippen LogP) is 4.14. The number of aliphatic hydroxyl groups is 1. The van der Waals surface area contributed by atoms with E-state index in [9.17, 15) is 20.0 Å². The third-order valence-electron chi connectivity index (χ3n) is 5.69. The number of nitrogens with zero attached hydrogens (tertiary/aromatic N) is 1. The average Bonchev–Trinajstić information content (AvgIpc) is 3.23. The Morgan fingerprint density at radius 1 is 1.15 bits per heavy atom. The van der Waals surface area contributed by atoms with Gasteiger partial charge in [-0.2, -0.15) is 0 Å². The predicted molar refractivity (Wildman–Crippen MR) is 125 cm³/mol. The Morgan fingerprint density at radius 3 is 2.44 bits per heavy atom. The van der Waals surface area contributed by atoms with E-state index in [2.05, 4.69) is 6.92 Å². The van der Waals surface area contributed by atoms with Gasteiger partial charge < -0.3 is 19.3 Å². The lowest BCUT2D eigenvalue weighted by Crippen LogP contribution is -2.28. The zero-order chi connectivity index (χ0) is 24.4. The molecule has 0 aliphatic carbocycles. The zero-order valence-electron chi connectivity index (χ0n) is 19.3. The maximum absolute atomic E-state index is 12.8. The van der Waals surface area contributed by atoms with Crippen LogP contribution < -0.4 is 0 Å². The highest BCUT2D eigenvalue weighted by atomic mass is 16.8. The molecule has 1 fully saturated rings. The SMILES string of the molecule is CCCCC1(c2ccccc2)OC(/C=C(\CC[N+](=O)[O-])C(=O)OCc2ccccc2)C(CO)O1. The molecule has 1 aliphatic heterocycles. The van der Waals surface area contributed by atoms with E-state index in [1.165, 1.54) is 6.08 Å². The molecule has 8 heteroatoms. The second kappa shape index (κ2) is 12.4. The number of hydrogen-bond donors (Lipinski definition) is 1. The first-order chi connectivity index (χ1) is 16.5. The van der Waals surface area contributed by atoms with Crippen molar-refractivity contribution >= 4 is 5.97 Å². The summed E-state index contributed by atoms with van der Waals surface area (Å²) in [6, 6.07) is 18.6. The number of ether oxygens (including phenoxy) is 3. The van der Waals surface area contributed by atoms with Crippen molar-refractivity contribution in [3.8, 4) is 0 Å². The molecular weight excluding hydrogens is 438 g/mol. The molecule has 0 bridgehead atoms. The van der Waals surface area contributed by atoms with Gasteiger partial charge in [-0.1, -0.05) is 74.0 Å². The number of hydrogen-bond acceptors (Lipinski definition) is 7. The summed E-state index contributed by atoms with van der Waals surface area (Å²) in [5.74, 6) is -1.73. The summed E-state index contributed by atoms with van der Waals surface area (Å²) in [5, 5.41) is 21.0. The molecule has 0 radical (unpaired) electrons. The molecular formula is C26H31NO7. The molecule has 34 heavy (non-hydrogen) atoms. The topological polar surface area (TPSA) is 108 Å². The van der Waals surface area contributed by atoms with Gasteiger partial charge in [0.25, 0.3) is 0 Å². The highest BCUT2D eigenvalue weighted by Gasteiger charge is 2.47. The molecule has 3 rings (SSSR count). The molecule has 2 aromatic rings. The van der Waals surface area contributed by atoms with Gasteiger partial charge in [0.1, 0.15) is 18.8 Å². The van der Waals surface area contributed by atoms with E-state index in [-0.39, 0.29) is 25.2 Å². The van der Waals surface area contributed by atoms with E-state index < -0.39 is 35.4 Å². The number of carbonyl (C=O) groups excluding carboxylic acids is 1. The van der Waals surface area contributed by atoms with Crippen molar-refractivity contribution in [1.82, 2.24) is 0 Å². The number of benzene rings is 2. The highest BCUT2D eigenvalue weighted by molar-refractivity contribution is 5.88. The van der Waals surface area contributed by atoms with E-state index in [1.807, 2.05) is 60.7 Å². The molecule has 0 amide bonds. The van der Waals surface area contributed by atoms with Crippen molar-refractivity contribution in [3.05, 3.63) is 93.6 Å². The molecule has 0 aromatic heterocycles. The van der Waals surface area contributed by atoms with Gasteiger partial charge in [0.05, 0.1) is 6.61 Å². The number of rotatable bonds is 12. The Hall–Kier alpha value is -3.07.